The Morgan fingerprint density at radius 2 is 1.88 bits per heavy atom. The highest BCUT2D eigenvalue weighted by Crippen LogP contribution is 2.38. The van der Waals surface area contributed by atoms with Crippen LogP contribution in [0.3, 0.4) is 0 Å². The van der Waals surface area contributed by atoms with Crippen molar-refractivity contribution in [2.24, 2.45) is 4.99 Å². The lowest BCUT2D eigenvalue weighted by Gasteiger charge is -2.31. The summed E-state index contributed by atoms with van der Waals surface area (Å²) in [5.74, 6) is -0.438. The maximum absolute atomic E-state index is 13.7. The molecule has 4 heterocycles. The number of nitrogens with one attached hydrogen (secondary N) is 1. The maximum atomic E-state index is 13.7. The molecule has 9 heteroatoms. The second-order valence-electron chi connectivity index (χ2n) is 9.12. The summed E-state index contributed by atoms with van der Waals surface area (Å²) in [5, 5.41) is 3.05. The number of benzene rings is 1. The number of rotatable bonds is 3. The summed E-state index contributed by atoms with van der Waals surface area (Å²) in [6.07, 6.45) is -0.253. The zero-order valence-electron chi connectivity index (χ0n) is 18.8. The Bertz CT molecular complexity index is 1140. The lowest BCUT2D eigenvalue weighted by molar-refractivity contribution is -0.138. The number of carbonyl (C=O) groups excluding carboxylic acids is 1. The molecule has 0 aliphatic carbocycles. The van der Waals surface area contributed by atoms with Crippen LogP contribution in [0, 0.1) is 0 Å². The molecule has 2 aromatic rings. The van der Waals surface area contributed by atoms with Gasteiger partial charge in [0.15, 0.2) is 0 Å². The van der Waals surface area contributed by atoms with Gasteiger partial charge in [-0.3, -0.25) is 9.98 Å². The molecule has 0 saturated carbocycles. The van der Waals surface area contributed by atoms with Crippen LogP contribution < -0.4 is 5.32 Å². The number of aliphatic imine (C=N–C) groups is 1. The molecule has 1 aromatic carbocycles. The molecule has 1 saturated heterocycles. The molecule has 0 spiro atoms. The van der Waals surface area contributed by atoms with E-state index < -0.39 is 23.7 Å². The monoisotopic (exact) mass is 469 g/mol. The van der Waals surface area contributed by atoms with Gasteiger partial charge in [0.25, 0.3) is 0 Å². The summed E-state index contributed by atoms with van der Waals surface area (Å²) in [6.45, 7) is 2.59. The number of amides is 2. The second-order valence-corrected chi connectivity index (χ2v) is 9.12. The van der Waals surface area contributed by atoms with E-state index in [0.29, 0.717) is 32.7 Å². The molecule has 34 heavy (non-hydrogen) atoms. The van der Waals surface area contributed by atoms with Crippen LogP contribution in [0.4, 0.5) is 18.0 Å². The summed E-state index contributed by atoms with van der Waals surface area (Å²) in [6, 6.07) is 8.83. The van der Waals surface area contributed by atoms with Crippen molar-refractivity contribution in [3.8, 4) is 0 Å². The molecule has 0 bridgehead atoms. The van der Waals surface area contributed by atoms with E-state index in [-0.39, 0.29) is 11.6 Å². The predicted molar refractivity (Wildman–Crippen MR) is 123 cm³/mol. The van der Waals surface area contributed by atoms with E-state index >= 15 is 0 Å². The van der Waals surface area contributed by atoms with Gasteiger partial charge >= 0.3 is 12.2 Å². The van der Waals surface area contributed by atoms with E-state index in [2.05, 4.69) is 15.3 Å². The summed E-state index contributed by atoms with van der Waals surface area (Å²) in [5.41, 5.74) is 3.78. The van der Waals surface area contributed by atoms with Crippen molar-refractivity contribution >= 4 is 11.7 Å². The van der Waals surface area contributed by atoms with Crippen molar-refractivity contribution in [3.63, 3.8) is 0 Å². The molecule has 178 valence electrons. The van der Waals surface area contributed by atoms with Gasteiger partial charge in [0.2, 0.25) is 0 Å². The number of aromatic nitrogens is 1. The fraction of sp³-hybridized carbons (Fsp3) is 0.400. The first-order valence-corrected chi connectivity index (χ1v) is 11.4. The highest BCUT2D eigenvalue weighted by molar-refractivity contribution is 6.15. The van der Waals surface area contributed by atoms with Crippen molar-refractivity contribution in [1.82, 2.24) is 20.1 Å². The number of alkyl halides is 3. The number of nitrogens with zero attached hydrogens (tertiary/aromatic N) is 4. The molecule has 6 nitrogen and oxygen atoms in total. The van der Waals surface area contributed by atoms with Crippen LogP contribution in [0.2, 0.25) is 0 Å². The number of carbonyl (C=O) groups is 1. The Morgan fingerprint density at radius 3 is 2.65 bits per heavy atom. The minimum Gasteiger partial charge on any atom is -0.333 e. The Hall–Kier alpha value is -3.20. The first-order chi connectivity index (χ1) is 16.3. The zero-order valence-corrected chi connectivity index (χ0v) is 18.8. The standard InChI is InChI=1S/C25H26F3N5O/c1-32-13-20(18-4-2-3-5-21(18)25(26,27)28)22(15-32)31-24(34)33-11-8-17-12-30-23(19(17)14-33)16-6-9-29-10-7-16/h2-7,9-10,20,22H,8,11-15H2,1H3,(H,31,34). The molecule has 5 rings (SSSR count). The minimum atomic E-state index is -4.44. The van der Waals surface area contributed by atoms with E-state index in [1.54, 1.807) is 23.4 Å². The van der Waals surface area contributed by atoms with Crippen molar-refractivity contribution in [2.75, 3.05) is 39.8 Å². The van der Waals surface area contributed by atoms with Gasteiger partial charge < -0.3 is 15.1 Å². The molecular formula is C25H26F3N5O. The van der Waals surface area contributed by atoms with Crippen molar-refractivity contribution in [2.45, 2.75) is 24.6 Å². The van der Waals surface area contributed by atoms with Crippen molar-refractivity contribution in [3.05, 3.63) is 76.6 Å². The van der Waals surface area contributed by atoms with Gasteiger partial charge in [-0.2, -0.15) is 13.2 Å². The number of halogens is 3. The van der Waals surface area contributed by atoms with Gasteiger partial charge in [-0.15, -0.1) is 0 Å². The van der Waals surface area contributed by atoms with Crippen LogP contribution in [0.1, 0.15) is 29.0 Å². The van der Waals surface area contributed by atoms with E-state index in [4.69, 9.17) is 0 Å². The van der Waals surface area contributed by atoms with E-state index in [0.717, 1.165) is 29.3 Å². The molecule has 2 atom stereocenters. The highest BCUT2D eigenvalue weighted by Gasteiger charge is 2.41. The smallest absolute Gasteiger partial charge is 0.333 e. The van der Waals surface area contributed by atoms with Gasteiger partial charge in [0.1, 0.15) is 0 Å². The molecule has 1 fully saturated rings. The maximum Gasteiger partial charge on any atom is 0.416 e. The number of hydrogen-bond acceptors (Lipinski definition) is 4. The lowest BCUT2D eigenvalue weighted by atomic mass is 9.90. The largest absolute Gasteiger partial charge is 0.416 e. The van der Waals surface area contributed by atoms with Gasteiger partial charge in [-0.1, -0.05) is 18.2 Å². The number of likely N-dealkylation sites (N-methyl/N-ethyl adjacent to an activating group) is 1. The van der Waals surface area contributed by atoms with Crippen LogP contribution in [-0.2, 0) is 6.18 Å². The van der Waals surface area contributed by atoms with Crippen molar-refractivity contribution in [1.29, 1.82) is 0 Å². The number of likely N-dealkylation sites (tertiary alicyclic amines) is 1. The summed E-state index contributed by atoms with van der Waals surface area (Å²) in [4.78, 5) is 25.7. The Balaban J connectivity index is 1.32. The molecular weight excluding hydrogens is 443 g/mol. The van der Waals surface area contributed by atoms with Crippen LogP contribution in [0.5, 0.6) is 0 Å². The molecule has 1 aromatic heterocycles. The van der Waals surface area contributed by atoms with E-state index in [1.165, 1.54) is 17.7 Å². The van der Waals surface area contributed by atoms with Crippen LogP contribution in [0.15, 0.2) is 64.9 Å². The van der Waals surface area contributed by atoms with Gasteiger partial charge in [-0.25, -0.2) is 4.79 Å². The molecule has 1 N–H and O–H groups in total. The normalized spacial score (nSPS) is 23.2. The third kappa shape index (κ3) is 4.32. The molecule has 2 unspecified atom stereocenters. The number of pyridine rings is 1. The first kappa shape index (κ1) is 22.6. The summed E-state index contributed by atoms with van der Waals surface area (Å²) >= 11 is 0. The predicted octanol–water partition coefficient (Wildman–Crippen LogP) is 3.71. The van der Waals surface area contributed by atoms with Gasteiger partial charge in [-0.05, 0) is 48.4 Å². The van der Waals surface area contributed by atoms with Gasteiger partial charge in [0.05, 0.1) is 23.9 Å². The second kappa shape index (κ2) is 8.87. The Kier molecular flexibility index (Phi) is 5.89. The summed E-state index contributed by atoms with van der Waals surface area (Å²) < 4.78 is 41.0. The minimum absolute atomic E-state index is 0.233. The Morgan fingerprint density at radius 1 is 1.12 bits per heavy atom. The zero-order chi connectivity index (χ0) is 23.9. The average Bonchev–Trinajstić information content (AvgIpc) is 3.41. The third-order valence-electron chi connectivity index (χ3n) is 6.89. The van der Waals surface area contributed by atoms with Crippen LogP contribution >= 0.6 is 0 Å². The molecule has 3 aliphatic heterocycles. The van der Waals surface area contributed by atoms with Crippen molar-refractivity contribution < 1.29 is 18.0 Å². The SMILES string of the molecule is CN1CC(NC(=O)N2CCC3=C(C2)C(c2ccncc2)=NC3)C(c2ccccc2C(F)(F)F)C1. The lowest BCUT2D eigenvalue weighted by Crippen LogP contribution is -2.49. The van der Waals surface area contributed by atoms with Crippen LogP contribution in [0.25, 0.3) is 0 Å². The van der Waals surface area contributed by atoms with Crippen LogP contribution in [-0.4, -0.2) is 72.3 Å². The first-order valence-electron chi connectivity index (χ1n) is 11.4. The van der Waals surface area contributed by atoms with Gasteiger partial charge in [0, 0.05) is 50.1 Å². The Labute approximate surface area is 196 Å². The summed E-state index contributed by atoms with van der Waals surface area (Å²) in [7, 11) is 1.86. The van der Waals surface area contributed by atoms with E-state index in [9.17, 15) is 18.0 Å². The third-order valence-corrected chi connectivity index (χ3v) is 6.89. The highest BCUT2D eigenvalue weighted by atomic mass is 19.4. The average molecular weight is 470 g/mol. The topological polar surface area (TPSA) is 60.8 Å². The number of hydrogen-bond donors (Lipinski definition) is 1. The fourth-order valence-corrected chi connectivity index (χ4v) is 5.23. The number of urea groups is 1. The molecule has 0 radical (unpaired) electrons. The molecule has 2 amide bonds. The fourth-order valence-electron chi connectivity index (χ4n) is 5.23. The quantitative estimate of drug-likeness (QED) is 0.746. The molecule has 3 aliphatic rings. The van der Waals surface area contributed by atoms with E-state index in [1.807, 2.05) is 24.1 Å².